The van der Waals surface area contributed by atoms with Gasteiger partial charge in [0.15, 0.2) is 0 Å². The maximum atomic E-state index is 11.5. The zero-order chi connectivity index (χ0) is 12.6. The van der Waals surface area contributed by atoms with Gasteiger partial charge >= 0.3 is 0 Å². The molecule has 5 heteroatoms. The molecule has 0 spiro atoms. The largest absolute Gasteiger partial charge is 0.322 e. The number of sulfonamides is 1. The summed E-state index contributed by atoms with van der Waals surface area (Å²) >= 11 is 0. The fraction of sp³-hybridized carbons (Fsp3) is 0.455. The maximum absolute atomic E-state index is 11.5. The van der Waals surface area contributed by atoms with Crippen LogP contribution in [0.3, 0.4) is 0 Å². The summed E-state index contributed by atoms with van der Waals surface area (Å²) in [6.07, 6.45) is 1.17. The Hall–Kier alpha value is -1.07. The van der Waals surface area contributed by atoms with Crippen molar-refractivity contribution in [3.8, 4) is 0 Å². The van der Waals surface area contributed by atoms with Gasteiger partial charge in [0.2, 0.25) is 10.0 Å². The molecule has 0 atom stereocenters. The normalized spacial score (nSPS) is 12.6. The first kappa shape index (κ1) is 13.0. The third kappa shape index (κ3) is 2.74. The molecular formula is C11H18N2O2S. The average molecular weight is 242 g/mol. The van der Waals surface area contributed by atoms with E-state index in [1.807, 2.05) is 26.0 Å². The lowest BCUT2D eigenvalue weighted by atomic mass is 9.94. The standard InChI is InChI=1S/C11H18N2O2S/c1-11(2,12)9-7-5-6-8-10(9)13(3)16(4,14)15/h5-8H,12H2,1-4H3. The summed E-state index contributed by atoms with van der Waals surface area (Å²) < 4.78 is 24.2. The first-order chi connectivity index (χ1) is 7.14. The highest BCUT2D eigenvalue weighted by molar-refractivity contribution is 7.92. The Morgan fingerprint density at radius 3 is 2.19 bits per heavy atom. The number of nitrogens with two attached hydrogens (primary N) is 1. The monoisotopic (exact) mass is 242 g/mol. The molecule has 4 nitrogen and oxygen atoms in total. The topological polar surface area (TPSA) is 63.4 Å². The van der Waals surface area contributed by atoms with Crippen molar-refractivity contribution in [3.63, 3.8) is 0 Å². The van der Waals surface area contributed by atoms with Crippen molar-refractivity contribution in [2.75, 3.05) is 17.6 Å². The summed E-state index contributed by atoms with van der Waals surface area (Å²) in [6, 6.07) is 7.25. The molecule has 0 amide bonds. The Labute approximate surface area is 97.1 Å². The molecule has 1 rings (SSSR count). The number of para-hydroxylation sites is 1. The highest BCUT2D eigenvalue weighted by Gasteiger charge is 2.22. The number of anilines is 1. The van der Waals surface area contributed by atoms with Gasteiger partial charge in [-0.2, -0.15) is 0 Å². The van der Waals surface area contributed by atoms with Crippen LogP contribution < -0.4 is 10.0 Å². The molecule has 90 valence electrons. The quantitative estimate of drug-likeness (QED) is 0.868. The van der Waals surface area contributed by atoms with Crippen molar-refractivity contribution in [2.24, 2.45) is 5.73 Å². The van der Waals surface area contributed by atoms with Crippen molar-refractivity contribution in [1.82, 2.24) is 0 Å². The lowest BCUT2D eigenvalue weighted by molar-refractivity contribution is 0.554. The van der Waals surface area contributed by atoms with Crippen LogP contribution in [-0.2, 0) is 15.6 Å². The van der Waals surface area contributed by atoms with Crippen LogP contribution in [0.15, 0.2) is 24.3 Å². The zero-order valence-corrected chi connectivity index (χ0v) is 10.9. The number of benzene rings is 1. The summed E-state index contributed by atoms with van der Waals surface area (Å²) in [4.78, 5) is 0. The third-order valence-electron chi connectivity index (χ3n) is 2.43. The molecule has 16 heavy (non-hydrogen) atoms. The van der Waals surface area contributed by atoms with Gasteiger partial charge in [-0.1, -0.05) is 18.2 Å². The van der Waals surface area contributed by atoms with Gasteiger partial charge in [-0.15, -0.1) is 0 Å². The molecule has 1 aromatic rings. The molecule has 0 saturated heterocycles. The smallest absolute Gasteiger partial charge is 0.232 e. The number of nitrogens with zero attached hydrogens (tertiary/aromatic N) is 1. The molecule has 0 saturated carbocycles. The van der Waals surface area contributed by atoms with Crippen molar-refractivity contribution in [2.45, 2.75) is 19.4 Å². The van der Waals surface area contributed by atoms with Gasteiger partial charge in [0.25, 0.3) is 0 Å². The summed E-state index contributed by atoms with van der Waals surface area (Å²) in [6.45, 7) is 3.70. The molecule has 0 aliphatic rings. The Morgan fingerprint density at radius 1 is 1.25 bits per heavy atom. The van der Waals surface area contributed by atoms with Gasteiger partial charge in [0.05, 0.1) is 11.9 Å². The fourth-order valence-corrected chi connectivity index (χ4v) is 1.99. The van der Waals surface area contributed by atoms with E-state index < -0.39 is 15.6 Å². The minimum Gasteiger partial charge on any atom is -0.322 e. The van der Waals surface area contributed by atoms with Gasteiger partial charge in [-0.3, -0.25) is 4.31 Å². The first-order valence-corrected chi connectivity index (χ1v) is 6.81. The van der Waals surface area contributed by atoms with Crippen LogP contribution in [0.4, 0.5) is 5.69 Å². The molecule has 0 fully saturated rings. The minimum atomic E-state index is -3.26. The van der Waals surface area contributed by atoms with Gasteiger partial charge in [-0.25, -0.2) is 8.42 Å². The highest BCUT2D eigenvalue weighted by Crippen LogP contribution is 2.28. The Morgan fingerprint density at radius 2 is 1.75 bits per heavy atom. The SMILES string of the molecule is CN(c1ccccc1C(C)(C)N)S(C)(=O)=O. The van der Waals surface area contributed by atoms with Gasteiger partial charge in [0, 0.05) is 12.6 Å². The fourth-order valence-electron chi connectivity index (χ4n) is 1.47. The number of rotatable bonds is 3. The van der Waals surface area contributed by atoms with Crippen LogP contribution in [0.2, 0.25) is 0 Å². The summed E-state index contributed by atoms with van der Waals surface area (Å²) in [7, 11) is -1.73. The zero-order valence-electron chi connectivity index (χ0n) is 10.1. The van der Waals surface area contributed by atoms with Gasteiger partial charge in [-0.05, 0) is 25.5 Å². The second-order valence-corrected chi connectivity index (χ2v) is 6.48. The van der Waals surface area contributed by atoms with E-state index in [9.17, 15) is 8.42 Å². The van der Waals surface area contributed by atoms with E-state index in [-0.39, 0.29) is 0 Å². The summed E-state index contributed by atoms with van der Waals surface area (Å²) in [5.74, 6) is 0. The molecule has 2 N–H and O–H groups in total. The van der Waals surface area contributed by atoms with E-state index in [1.165, 1.54) is 17.6 Å². The van der Waals surface area contributed by atoms with Crippen LogP contribution in [-0.4, -0.2) is 21.7 Å². The Bertz CT molecular complexity index is 475. The van der Waals surface area contributed by atoms with Gasteiger partial charge in [0.1, 0.15) is 0 Å². The van der Waals surface area contributed by atoms with E-state index in [1.54, 1.807) is 12.1 Å². The van der Waals surface area contributed by atoms with Crippen molar-refractivity contribution >= 4 is 15.7 Å². The van der Waals surface area contributed by atoms with Crippen molar-refractivity contribution in [1.29, 1.82) is 0 Å². The Balaban J connectivity index is 3.36. The molecule has 0 bridgehead atoms. The van der Waals surface area contributed by atoms with E-state index in [0.717, 1.165) is 5.56 Å². The van der Waals surface area contributed by atoms with Crippen LogP contribution in [0, 0.1) is 0 Å². The van der Waals surface area contributed by atoms with Crippen molar-refractivity contribution in [3.05, 3.63) is 29.8 Å². The number of hydrogen-bond donors (Lipinski definition) is 1. The minimum absolute atomic E-state index is 0.574. The molecule has 0 radical (unpaired) electrons. The second-order valence-electron chi connectivity index (χ2n) is 4.47. The third-order valence-corrected chi connectivity index (χ3v) is 3.63. The Kier molecular flexibility index (Phi) is 3.30. The lowest BCUT2D eigenvalue weighted by Gasteiger charge is -2.27. The van der Waals surface area contributed by atoms with Crippen LogP contribution in [0.1, 0.15) is 19.4 Å². The molecule has 0 aliphatic carbocycles. The second kappa shape index (κ2) is 4.07. The first-order valence-electron chi connectivity index (χ1n) is 4.96. The van der Waals surface area contributed by atoms with E-state index in [4.69, 9.17) is 5.73 Å². The van der Waals surface area contributed by atoms with E-state index >= 15 is 0 Å². The molecule has 0 aromatic heterocycles. The summed E-state index contributed by atoms with van der Waals surface area (Å²) in [5, 5.41) is 0. The van der Waals surface area contributed by atoms with Crippen molar-refractivity contribution < 1.29 is 8.42 Å². The molecule has 0 heterocycles. The molecule has 0 unspecified atom stereocenters. The van der Waals surface area contributed by atoms with Crippen LogP contribution in [0.5, 0.6) is 0 Å². The number of hydrogen-bond acceptors (Lipinski definition) is 3. The van der Waals surface area contributed by atoms with Crippen LogP contribution >= 0.6 is 0 Å². The average Bonchev–Trinajstić information content (AvgIpc) is 2.14. The lowest BCUT2D eigenvalue weighted by Crippen LogP contribution is -2.33. The van der Waals surface area contributed by atoms with E-state index in [0.29, 0.717) is 5.69 Å². The molecular weight excluding hydrogens is 224 g/mol. The highest BCUT2D eigenvalue weighted by atomic mass is 32.2. The van der Waals surface area contributed by atoms with Gasteiger partial charge < -0.3 is 5.73 Å². The molecule has 0 aliphatic heterocycles. The summed E-state index contributed by atoms with van der Waals surface area (Å²) in [5.41, 5.74) is 6.87. The predicted octanol–water partition coefficient (Wildman–Crippen LogP) is 1.28. The van der Waals surface area contributed by atoms with E-state index in [2.05, 4.69) is 0 Å². The predicted molar refractivity (Wildman–Crippen MR) is 66.9 cm³/mol. The molecule has 1 aromatic carbocycles. The van der Waals surface area contributed by atoms with Crippen LogP contribution in [0.25, 0.3) is 0 Å². The maximum Gasteiger partial charge on any atom is 0.232 e.